The smallest absolute Gasteiger partial charge is 0.257 e. The molecule has 0 unspecified atom stereocenters. The van der Waals surface area contributed by atoms with Crippen molar-refractivity contribution in [3.05, 3.63) is 24.0 Å². The summed E-state index contributed by atoms with van der Waals surface area (Å²) in [7, 11) is 4.48. The lowest BCUT2D eigenvalue weighted by molar-refractivity contribution is 0.102. The van der Waals surface area contributed by atoms with Crippen LogP contribution in [0.15, 0.2) is 18.5 Å². The van der Waals surface area contributed by atoms with Gasteiger partial charge in [-0.3, -0.25) is 10.1 Å². The summed E-state index contributed by atoms with van der Waals surface area (Å²) in [5.41, 5.74) is 0.370. The minimum atomic E-state index is -0.332. The molecule has 1 amide bonds. The van der Waals surface area contributed by atoms with Crippen molar-refractivity contribution in [2.24, 2.45) is 0 Å². The lowest BCUT2D eigenvalue weighted by Crippen LogP contribution is -2.12. The van der Waals surface area contributed by atoms with Crippen molar-refractivity contribution in [1.82, 2.24) is 9.36 Å². The normalized spacial score (nSPS) is 9.95. The highest BCUT2D eigenvalue weighted by molar-refractivity contribution is 7.09. The SMILES string of the molecule is COc1cc(C(=O)Nc2ncns2)cc(OC)c1OC. The van der Waals surface area contributed by atoms with Crippen molar-refractivity contribution in [2.75, 3.05) is 26.6 Å². The number of carbonyl (C=O) groups excluding carboxylic acids is 1. The molecule has 1 N–H and O–H groups in total. The molecule has 0 saturated carbocycles. The molecule has 0 saturated heterocycles. The van der Waals surface area contributed by atoms with Crippen molar-refractivity contribution < 1.29 is 19.0 Å². The molecule has 20 heavy (non-hydrogen) atoms. The van der Waals surface area contributed by atoms with Crippen LogP contribution < -0.4 is 19.5 Å². The average molecular weight is 295 g/mol. The molecule has 0 radical (unpaired) electrons. The Hall–Kier alpha value is -2.35. The van der Waals surface area contributed by atoms with Gasteiger partial charge in [0.15, 0.2) is 11.5 Å². The second-order valence-electron chi connectivity index (χ2n) is 3.61. The maximum absolute atomic E-state index is 12.1. The first-order valence-corrected chi connectivity index (χ1v) is 6.35. The Bertz CT molecular complexity index is 576. The molecular weight excluding hydrogens is 282 g/mol. The molecule has 0 fully saturated rings. The van der Waals surface area contributed by atoms with Crippen molar-refractivity contribution in [3.8, 4) is 17.2 Å². The van der Waals surface area contributed by atoms with E-state index in [1.165, 1.54) is 27.7 Å². The van der Waals surface area contributed by atoms with E-state index in [-0.39, 0.29) is 5.91 Å². The van der Waals surface area contributed by atoms with Crippen LogP contribution in [0.2, 0.25) is 0 Å². The van der Waals surface area contributed by atoms with Crippen LogP contribution in [-0.2, 0) is 0 Å². The van der Waals surface area contributed by atoms with Crippen LogP contribution in [0.3, 0.4) is 0 Å². The standard InChI is InChI=1S/C12H13N3O4S/c1-17-8-4-7(5-9(18-2)10(8)19-3)11(16)15-12-13-6-14-20-12/h4-6H,1-3H3,(H,13,14,15,16). The lowest BCUT2D eigenvalue weighted by atomic mass is 10.1. The number of hydrogen-bond acceptors (Lipinski definition) is 7. The zero-order valence-corrected chi connectivity index (χ0v) is 12.0. The van der Waals surface area contributed by atoms with Crippen LogP contribution in [0.5, 0.6) is 17.2 Å². The maximum Gasteiger partial charge on any atom is 0.257 e. The summed E-state index contributed by atoms with van der Waals surface area (Å²) < 4.78 is 19.4. The molecule has 0 aliphatic heterocycles. The molecule has 1 heterocycles. The van der Waals surface area contributed by atoms with Gasteiger partial charge in [0.1, 0.15) is 6.33 Å². The first-order chi connectivity index (χ1) is 9.69. The highest BCUT2D eigenvalue weighted by Crippen LogP contribution is 2.38. The van der Waals surface area contributed by atoms with Crippen molar-refractivity contribution in [3.63, 3.8) is 0 Å². The van der Waals surface area contributed by atoms with E-state index in [2.05, 4.69) is 14.7 Å². The third-order valence-corrected chi connectivity index (χ3v) is 3.09. The molecule has 1 aromatic carbocycles. The summed E-state index contributed by atoms with van der Waals surface area (Å²) in [6.07, 6.45) is 1.37. The van der Waals surface area contributed by atoms with Gasteiger partial charge in [-0.25, -0.2) is 4.98 Å². The predicted octanol–water partition coefficient (Wildman–Crippen LogP) is 1.82. The van der Waals surface area contributed by atoms with E-state index in [0.29, 0.717) is 27.9 Å². The number of aromatic nitrogens is 2. The lowest BCUT2D eigenvalue weighted by Gasteiger charge is -2.13. The molecule has 2 rings (SSSR count). The summed E-state index contributed by atoms with van der Waals surface area (Å²) in [4.78, 5) is 16.0. The molecule has 0 aliphatic carbocycles. The quantitative estimate of drug-likeness (QED) is 0.906. The number of ether oxygens (including phenoxy) is 3. The largest absolute Gasteiger partial charge is 0.493 e. The molecule has 0 spiro atoms. The third-order valence-electron chi connectivity index (χ3n) is 2.51. The number of benzene rings is 1. The number of hydrogen-bond donors (Lipinski definition) is 1. The Kier molecular flexibility index (Phi) is 4.36. The zero-order valence-electron chi connectivity index (χ0n) is 11.2. The fourth-order valence-corrected chi connectivity index (χ4v) is 2.04. The zero-order chi connectivity index (χ0) is 14.5. The average Bonchev–Trinajstić information content (AvgIpc) is 2.98. The van der Waals surface area contributed by atoms with Gasteiger partial charge in [-0.05, 0) is 12.1 Å². The van der Waals surface area contributed by atoms with Crippen LogP contribution in [-0.4, -0.2) is 36.6 Å². The van der Waals surface area contributed by atoms with Gasteiger partial charge in [0, 0.05) is 17.1 Å². The highest BCUT2D eigenvalue weighted by atomic mass is 32.1. The predicted molar refractivity (Wildman–Crippen MR) is 74.0 cm³/mol. The Morgan fingerprint density at radius 3 is 2.25 bits per heavy atom. The van der Waals surface area contributed by atoms with Gasteiger partial charge in [0.05, 0.1) is 21.3 Å². The molecule has 0 bridgehead atoms. The van der Waals surface area contributed by atoms with E-state index < -0.39 is 0 Å². The van der Waals surface area contributed by atoms with Crippen LogP contribution >= 0.6 is 11.5 Å². The fraction of sp³-hybridized carbons (Fsp3) is 0.250. The fourth-order valence-electron chi connectivity index (χ4n) is 1.61. The van der Waals surface area contributed by atoms with Crippen LogP contribution in [0.4, 0.5) is 5.13 Å². The third kappa shape index (κ3) is 2.80. The monoisotopic (exact) mass is 295 g/mol. The van der Waals surface area contributed by atoms with Gasteiger partial charge < -0.3 is 14.2 Å². The van der Waals surface area contributed by atoms with Crippen molar-refractivity contribution >= 4 is 22.6 Å². The molecular formula is C12H13N3O4S. The van der Waals surface area contributed by atoms with Crippen molar-refractivity contribution in [1.29, 1.82) is 0 Å². The molecule has 2 aromatic rings. The first kappa shape index (κ1) is 14.1. The number of rotatable bonds is 5. The summed E-state index contributed by atoms with van der Waals surface area (Å²) in [6, 6.07) is 3.13. The number of methoxy groups -OCH3 is 3. The minimum absolute atomic E-state index is 0.332. The topological polar surface area (TPSA) is 82.6 Å². The summed E-state index contributed by atoms with van der Waals surface area (Å²) in [5.74, 6) is 0.923. The first-order valence-electron chi connectivity index (χ1n) is 5.57. The van der Waals surface area contributed by atoms with E-state index in [4.69, 9.17) is 14.2 Å². The number of nitrogens with zero attached hydrogens (tertiary/aromatic N) is 2. The second kappa shape index (κ2) is 6.20. The van der Waals surface area contributed by atoms with Crippen LogP contribution in [0, 0.1) is 0 Å². The molecule has 7 nitrogen and oxygen atoms in total. The maximum atomic E-state index is 12.1. The molecule has 106 valence electrons. The number of nitrogens with one attached hydrogen (secondary N) is 1. The van der Waals surface area contributed by atoms with Crippen LogP contribution in [0.1, 0.15) is 10.4 Å². The number of amides is 1. The summed E-state index contributed by atoms with van der Waals surface area (Å²) >= 11 is 1.09. The van der Waals surface area contributed by atoms with Gasteiger partial charge in [-0.2, -0.15) is 4.37 Å². The van der Waals surface area contributed by atoms with E-state index in [1.54, 1.807) is 12.1 Å². The Morgan fingerprint density at radius 2 is 1.80 bits per heavy atom. The highest BCUT2D eigenvalue weighted by Gasteiger charge is 2.17. The number of anilines is 1. The summed E-state index contributed by atoms with van der Waals surface area (Å²) in [5, 5.41) is 3.05. The van der Waals surface area contributed by atoms with E-state index in [1.807, 2.05) is 0 Å². The van der Waals surface area contributed by atoms with Gasteiger partial charge in [0.2, 0.25) is 10.9 Å². The second-order valence-corrected chi connectivity index (χ2v) is 4.39. The molecule has 8 heteroatoms. The van der Waals surface area contributed by atoms with Crippen LogP contribution in [0.25, 0.3) is 0 Å². The number of carbonyl (C=O) groups is 1. The van der Waals surface area contributed by atoms with Gasteiger partial charge in [0.25, 0.3) is 5.91 Å². The summed E-state index contributed by atoms with van der Waals surface area (Å²) in [6.45, 7) is 0. The minimum Gasteiger partial charge on any atom is -0.493 e. The van der Waals surface area contributed by atoms with Crippen molar-refractivity contribution in [2.45, 2.75) is 0 Å². The molecule has 0 atom stereocenters. The van der Waals surface area contributed by atoms with Gasteiger partial charge in [-0.1, -0.05) is 0 Å². The Morgan fingerprint density at radius 1 is 1.15 bits per heavy atom. The Labute approximate surface area is 119 Å². The van der Waals surface area contributed by atoms with Gasteiger partial charge in [-0.15, -0.1) is 0 Å². The van der Waals surface area contributed by atoms with E-state index in [0.717, 1.165) is 11.5 Å². The van der Waals surface area contributed by atoms with E-state index >= 15 is 0 Å². The molecule has 0 aliphatic rings. The molecule has 1 aromatic heterocycles. The van der Waals surface area contributed by atoms with E-state index in [9.17, 15) is 4.79 Å². The Balaban J connectivity index is 2.34. The van der Waals surface area contributed by atoms with Gasteiger partial charge >= 0.3 is 0 Å².